The molecule has 0 radical (unpaired) electrons. The topological polar surface area (TPSA) is 71.1 Å². The molecule has 2 fully saturated rings. The van der Waals surface area contributed by atoms with Crippen LogP contribution in [0, 0.1) is 5.92 Å². The van der Waals surface area contributed by atoms with Crippen LogP contribution in [0.5, 0.6) is 0 Å². The summed E-state index contributed by atoms with van der Waals surface area (Å²) in [5.74, 6) is 0.909. The summed E-state index contributed by atoms with van der Waals surface area (Å²) in [4.78, 5) is 4.73. The van der Waals surface area contributed by atoms with Gasteiger partial charge in [0.25, 0.3) is 0 Å². The van der Waals surface area contributed by atoms with Gasteiger partial charge in [0.2, 0.25) is 10.0 Å². The Labute approximate surface area is 146 Å². The molecule has 2 aliphatic carbocycles. The van der Waals surface area contributed by atoms with Gasteiger partial charge in [-0.05, 0) is 50.2 Å². The van der Waals surface area contributed by atoms with Crippen LogP contribution in [0.2, 0.25) is 0 Å². The van der Waals surface area contributed by atoms with Crippen LogP contribution >= 0.6 is 11.3 Å². The number of benzene rings is 1. The van der Waals surface area contributed by atoms with E-state index in [1.807, 2.05) is 12.1 Å². The molecule has 1 heterocycles. The van der Waals surface area contributed by atoms with Crippen molar-refractivity contribution in [2.24, 2.45) is 5.92 Å². The summed E-state index contributed by atoms with van der Waals surface area (Å²) >= 11 is 1.64. The molecule has 2 N–H and O–H groups in total. The zero-order chi connectivity index (χ0) is 16.8. The van der Waals surface area contributed by atoms with Gasteiger partial charge >= 0.3 is 0 Å². The summed E-state index contributed by atoms with van der Waals surface area (Å²) in [6.45, 7) is 0. The first kappa shape index (κ1) is 15.9. The van der Waals surface area contributed by atoms with E-state index >= 15 is 0 Å². The van der Waals surface area contributed by atoms with E-state index in [2.05, 4.69) is 15.4 Å². The van der Waals surface area contributed by atoms with E-state index in [1.165, 1.54) is 32.1 Å². The van der Waals surface area contributed by atoms with E-state index in [4.69, 9.17) is 4.98 Å². The molecule has 1 aromatic carbocycles. The van der Waals surface area contributed by atoms with Gasteiger partial charge in [-0.3, -0.25) is 4.72 Å². The number of hydrogen-bond donors (Lipinski definition) is 2. The first-order valence-corrected chi connectivity index (χ1v) is 11.0. The second kappa shape index (κ2) is 5.74. The standard InChI is InChI=1S/C17H21N3O2S2/c1-24(21,22)20-14-4-2-13(3-5-14)15-11-23-16(18-15)19-17-8-6-12(10-17)7-9-17/h2-5,11-12,20H,6-10H2,1H3,(H,18,19). The highest BCUT2D eigenvalue weighted by molar-refractivity contribution is 7.92. The van der Waals surface area contributed by atoms with Crippen molar-refractivity contribution in [3.63, 3.8) is 0 Å². The van der Waals surface area contributed by atoms with E-state index in [1.54, 1.807) is 23.5 Å². The Bertz CT molecular complexity index is 835. The molecule has 0 aliphatic heterocycles. The van der Waals surface area contributed by atoms with Crippen LogP contribution < -0.4 is 10.0 Å². The molecule has 1 aromatic heterocycles. The molecule has 0 atom stereocenters. The lowest BCUT2D eigenvalue weighted by Crippen LogP contribution is -2.32. The highest BCUT2D eigenvalue weighted by Crippen LogP contribution is 2.49. The second-order valence-corrected chi connectivity index (χ2v) is 9.65. The van der Waals surface area contributed by atoms with Crippen molar-refractivity contribution >= 4 is 32.2 Å². The van der Waals surface area contributed by atoms with Crippen LogP contribution in [0.25, 0.3) is 11.3 Å². The van der Waals surface area contributed by atoms with Crippen LogP contribution in [0.15, 0.2) is 29.6 Å². The molecule has 0 saturated heterocycles. The number of sulfonamides is 1. The maximum atomic E-state index is 11.3. The highest BCUT2D eigenvalue weighted by atomic mass is 32.2. The van der Waals surface area contributed by atoms with Gasteiger partial charge in [-0.15, -0.1) is 11.3 Å². The number of thiazole rings is 1. The minimum Gasteiger partial charge on any atom is -0.356 e. The molecule has 0 spiro atoms. The summed E-state index contributed by atoms with van der Waals surface area (Å²) in [7, 11) is -3.24. The molecular formula is C17H21N3O2S2. The molecule has 0 amide bonds. The molecule has 0 unspecified atom stereocenters. The number of rotatable bonds is 5. The highest BCUT2D eigenvalue weighted by Gasteiger charge is 2.45. The third-order valence-corrected chi connectivity index (χ3v) is 6.47. The first-order chi connectivity index (χ1) is 11.4. The van der Waals surface area contributed by atoms with Gasteiger partial charge < -0.3 is 5.32 Å². The van der Waals surface area contributed by atoms with E-state index in [0.29, 0.717) is 5.69 Å². The quantitative estimate of drug-likeness (QED) is 0.844. The van der Waals surface area contributed by atoms with Crippen molar-refractivity contribution in [3.05, 3.63) is 29.6 Å². The monoisotopic (exact) mass is 363 g/mol. The summed E-state index contributed by atoms with van der Waals surface area (Å²) in [6.07, 6.45) is 7.65. The van der Waals surface area contributed by atoms with Crippen LogP contribution in [-0.4, -0.2) is 25.2 Å². The molecule has 7 heteroatoms. The van der Waals surface area contributed by atoms with Crippen molar-refractivity contribution in [1.29, 1.82) is 0 Å². The third kappa shape index (κ3) is 3.28. The van der Waals surface area contributed by atoms with Gasteiger partial charge in [-0.2, -0.15) is 0 Å². The Morgan fingerprint density at radius 1 is 1.21 bits per heavy atom. The summed E-state index contributed by atoms with van der Waals surface area (Å²) < 4.78 is 25.0. The minimum absolute atomic E-state index is 0.281. The average Bonchev–Trinajstić information content (AvgIpc) is 3.22. The fourth-order valence-electron chi connectivity index (χ4n) is 3.98. The molecule has 2 bridgehead atoms. The number of fused-ring (bicyclic) bond motifs is 2. The van der Waals surface area contributed by atoms with E-state index < -0.39 is 10.0 Å². The van der Waals surface area contributed by atoms with E-state index in [-0.39, 0.29) is 5.54 Å². The van der Waals surface area contributed by atoms with E-state index in [0.717, 1.165) is 28.6 Å². The molecule has 2 aliphatic rings. The fraction of sp³-hybridized carbons (Fsp3) is 0.471. The number of aromatic nitrogens is 1. The number of anilines is 2. The molecule has 5 nitrogen and oxygen atoms in total. The summed E-state index contributed by atoms with van der Waals surface area (Å²) in [5, 5.41) is 6.74. The summed E-state index contributed by atoms with van der Waals surface area (Å²) in [5.41, 5.74) is 2.77. The largest absolute Gasteiger partial charge is 0.356 e. The van der Waals surface area contributed by atoms with E-state index in [9.17, 15) is 8.42 Å². The number of nitrogens with one attached hydrogen (secondary N) is 2. The minimum atomic E-state index is -3.24. The first-order valence-electron chi connectivity index (χ1n) is 8.23. The Balaban J connectivity index is 1.48. The molecule has 2 saturated carbocycles. The molecular weight excluding hydrogens is 342 g/mol. The lowest BCUT2D eigenvalue weighted by atomic mass is 9.94. The van der Waals surface area contributed by atoms with Gasteiger partial charge in [-0.25, -0.2) is 13.4 Å². The lowest BCUT2D eigenvalue weighted by Gasteiger charge is -2.27. The van der Waals surface area contributed by atoms with Crippen molar-refractivity contribution in [2.75, 3.05) is 16.3 Å². The Morgan fingerprint density at radius 3 is 2.50 bits per heavy atom. The van der Waals surface area contributed by atoms with Crippen molar-refractivity contribution in [3.8, 4) is 11.3 Å². The van der Waals surface area contributed by atoms with Gasteiger partial charge in [0.05, 0.1) is 11.9 Å². The number of hydrogen-bond acceptors (Lipinski definition) is 5. The number of nitrogens with zero attached hydrogens (tertiary/aromatic N) is 1. The molecule has 4 rings (SSSR count). The Morgan fingerprint density at radius 2 is 1.92 bits per heavy atom. The zero-order valence-corrected chi connectivity index (χ0v) is 15.2. The molecule has 128 valence electrons. The summed E-state index contributed by atoms with van der Waals surface area (Å²) in [6, 6.07) is 7.32. The fourth-order valence-corrected chi connectivity index (χ4v) is 5.38. The van der Waals surface area contributed by atoms with Crippen molar-refractivity contribution in [1.82, 2.24) is 4.98 Å². The zero-order valence-electron chi connectivity index (χ0n) is 13.6. The van der Waals surface area contributed by atoms with Gasteiger partial charge in [-0.1, -0.05) is 12.1 Å². The van der Waals surface area contributed by atoms with Gasteiger partial charge in [0.15, 0.2) is 5.13 Å². The maximum Gasteiger partial charge on any atom is 0.229 e. The van der Waals surface area contributed by atoms with Crippen molar-refractivity contribution < 1.29 is 8.42 Å². The SMILES string of the molecule is CS(=O)(=O)Nc1ccc(-c2csc(NC34CCC(CC3)C4)n2)cc1. The molecule has 2 aromatic rings. The normalized spacial score (nSPS) is 25.8. The smallest absolute Gasteiger partial charge is 0.229 e. The van der Waals surface area contributed by atoms with Crippen LogP contribution in [0.4, 0.5) is 10.8 Å². The van der Waals surface area contributed by atoms with Crippen molar-refractivity contribution in [2.45, 2.75) is 37.6 Å². The molecule has 24 heavy (non-hydrogen) atoms. The van der Waals surface area contributed by atoms with Gasteiger partial charge in [0.1, 0.15) is 0 Å². The Hall–Kier alpha value is -1.60. The van der Waals surface area contributed by atoms with Gasteiger partial charge in [0, 0.05) is 22.2 Å². The van der Waals surface area contributed by atoms with Crippen LogP contribution in [-0.2, 0) is 10.0 Å². The third-order valence-electron chi connectivity index (χ3n) is 5.10. The predicted molar refractivity (Wildman–Crippen MR) is 98.9 cm³/mol. The predicted octanol–water partition coefficient (Wildman–Crippen LogP) is 3.93. The Kier molecular flexibility index (Phi) is 3.80. The maximum absolute atomic E-state index is 11.3. The average molecular weight is 364 g/mol. The lowest BCUT2D eigenvalue weighted by molar-refractivity contribution is 0.447. The van der Waals surface area contributed by atoms with Crippen LogP contribution in [0.1, 0.15) is 32.1 Å². The second-order valence-electron chi connectivity index (χ2n) is 7.04. The van der Waals surface area contributed by atoms with Crippen LogP contribution in [0.3, 0.4) is 0 Å².